The van der Waals surface area contributed by atoms with Crippen LogP contribution in [0.2, 0.25) is 0 Å². The van der Waals surface area contributed by atoms with Crippen LogP contribution in [0.1, 0.15) is 30.9 Å². The van der Waals surface area contributed by atoms with E-state index in [1.165, 1.54) is 16.7 Å². The summed E-state index contributed by atoms with van der Waals surface area (Å²) in [4.78, 5) is 11.4. The summed E-state index contributed by atoms with van der Waals surface area (Å²) in [5.74, 6) is 0.602. The first-order chi connectivity index (χ1) is 13.3. The molecule has 0 unspecified atom stereocenters. The fraction of sp³-hybridized carbons (Fsp3) is 0.273. The minimum absolute atomic E-state index is 0.179. The fourth-order valence-electron chi connectivity index (χ4n) is 3.48. The van der Waals surface area contributed by atoms with Crippen molar-refractivity contribution in [1.29, 1.82) is 0 Å². The summed E-state index contributed by atoms with van der Waals surface area (Å²) in [6.07, 6.45) is 1.90. The summed E-state index contributed by atoms with van der Waals surface area (Å²) < 4.78 is 10.7. The predicted octanol–water partition coefficient (Wildman–Crippen LogP) is 4.37. The highest BCUT2D eigenvalue weighted by Crippen LogP contribution is 2.40. The lowest BCUT2D eigenvalue weighted by Gasteiger charge is -2.08. The number of carbonyl (C=O) groups is 1. The Kier molecular flexibility index (Phi) is 4.92. The molecule has 1 aliphatic rings. The highest BCUT2D eigenvalue weighted by molar-refractivity contribution is 5.81. The Morgan fingerprint density at radius 1 is 1.19 bits per heavy atom. The largest absolute Gasteiger partial charge is 0.494 e. The van der Waals surface area contributed by atoms with Crippen LogP contribution in [0, 0.1) is 0 Å². The molecule has 1 aliphatic carbocycles. The van der Waals surface area contributed by atoms with Crippen molar-refractivity contribution in [2.75, 3.05) is 13.2 Å². The van der Waals surface area contributed by atoms with Crippen LogP contribution in [0.3, 0.4) is 0 Å². The third-order valence-electron chi connectivity index (χ3n) is 4.73. The van der Waals surface area contributed by atoms with E-state index in [1.807, 2.05) is 31.2 Å². The molecule has 1 heterocycles. The van der Waals surface area contributed by atoms with Gasteiger partial charge in [0.25, 0.3) is 0 Å². The van der Waals surface area contributed by atoms with Crippen LogP contribution in [0.4, 0.5) is 0 Å². The van der Waals surface area contributed by atoms with Gasteiger partial charge in [-0.15, -0.1) is 0 Å². The third kappa shape index (κ3) is 3.58. The molecule has 0 fully saturated rings. The summed E-state index contributed by atoms with van der Waals surface area (Å²) in [7, 11) is 0. The number of hydrogen-bond acceptors (Lipinski definition) is 4. The first kappa shape index (κ1) is 17.3. The highest BCUT2D eigenvalue weighted by Gasteiger charge is 2.24. The van der Waals surface area contributed by atoms with Crippen LogP contribution in [-0.2, 0) is 16.0 Å². The second kappa shape index (κ2) is 7.66. The van der Waals surface area contributed by atoms with Gasteiger partial charge >= 0.3 is 5.97 Å². The van der Waals surface area contributed by atoms with Crippen molar-refractivity contribution in [3.8, 4) is 28.3 Å². The molecule has 27 heavy (non-hydrogen) atoms. The standard InChI is InChI=1S/C22H22N2O3/c1-2-26-20(25)11-6-12-27-17-9-5-8-16(13-17)21-19-14-15-7-3-4-10-18(15)22(19)24-23-21/h3-5,7-10,13H,2,6,11-12,14H2,1H3,(H,23,24). The van der Waals surface area contributed by atoms with Crippen molar-refractivity contribution in [2.45, 2.75) is 26.2 Å². The van der Waals surface area contributed by atoms with Gasteiger partial charge in [0.05, 0.1) is 24.6 Å². The SMILES string of the molecule is CCOC(=O)CCCOc1cccc(-c2n[nH]c3c2Cc2ccccc2-3)c1. The van der Waals surface area contributed by atoms with Gasteiger partial charge in [-0.1, -0.05) is 36.4 Å². The van der Waals surface area contributed by atoms with Gasteiger partial charge in [-0.25, -0.2) is 0 Å². The topological polar surface area (TPSA) is 64.2 Å². The lowest BCUT2D eigenvalue weighted by atomic mass is 10.1. The van der Waals surface area contributed by atoms with Gasteiger partial charge < -0.3 is 9.47 Å². The average molecular weight is 362 g/mol. The van der Waals surface area contributed by atoms with E-state index in [1.54, 1.807) is 0 Å². The fourth-order valence-corrected chi connectivity index (χ4v) is 3.48. The zero-order valence-corrected chi connectivity index (χ0v) is 15.3. The Morgan fingerprint density at radius 3 is 2.96 bits per heavy atom. The van der Waals surface area contributed by atoms with Crippen LogP contribution in [0.15, 0.2) is 48.5 Å². The van der Waals surface area contributed by atoms with E-state index in [2.05, 4.69) is 34.5 Å². The Hall–Kier alpha value is -3.08. The number of H-pyrrole nitrogens is 1. The number of nitrogens with zero attached hydrogens (tertiary/aromatic N) is 1. The number of nitrogens with one attached hydrogen (secondary N) is 1. The zero-order chi connectivity index (χ0) is 18.6. The minimum atomic E-state index is -0.179. The molecule has 0 bridgehead atoms. The van der Waals surface area contributed by atoms with Crippen molar-refractivity contribution in [3.63, 3.8) is 0 Å². The van der Waals surface area contributed by atoms with Gasteiger partial charge in [0.15, 0.2) is 0 Å². The second-order valence-corrected chi connectivity index (χ2v) is 6.54. The summed E-state index contributed by atoms with van der Waals surface area (Å²) in [5.41, 5.74) is 6.91. The van der Waals surface area contributed by atoms with Crippen molar-refractivity contribution in [1.82, 2.24) is 10.2 Å². The maximum atomic E-state index is 11.4. The molecule has 2 aromatic carbocycles. The molecular weight excluding hydrogens is 340 g/mol. The average Bonchev–Trinajstić information content (AvgIpc) is 3.25. The van der Waals surface area contributed by atoms with Crippen molar-refractivity contribution < 1.29 is 14.3 Å². The van der Waals surface area contributed by atoms with Gasteiger partial charge in [0.2, 0.25) is 0 Å². The summed E-state index contributed by atoms with van der Waals surface area (Å²) >= 11 is 0. The van der Waals surface area contributed by atoms with E-state index in [0.717, 1.165) is 29.1 Å². The Morgan fingerprint density at radius 2 is 2.07 bits per heavy atom. The van der Waals surface area contributed by atoms with Crippen LogP contribution in [0.5, 0.6) is 5.75 Å². The number of benzene rings is 2. The van der Waals surface area contributed by atoms with Gasteiger partial charge in [-0.3, -0.25) is 9.89 Å². The number of carbonyl (C=O) groups excluding carboxylic acids is 1. The lowest BCUT2D eigenvalue weighted by Crippen LogP contribution is -2.06. The molecule has 138 valence electrons. The molecule has 0 amide bonds. The number of aromatic nitrogens is 2. The first-order valence-corrected chi connectivity index (χ1v) is 9.30. The summed E-state index contributed by atoms with van der Waals surface area (Å²) in [5, 5.41) is 7.74. The molecule has 0 atom stereocenters. The summed E-state index contributed by atoms with van der Waals surface area (Å²) in [6.45, 7) is 2.70. The van der Waals surface area contributed by atoms with Crippen LogP contribution in [0.25, 0.3) is 22.5 Å². The van der Waals surface area contributed by atoms with Crippen molar-refractivity contribution in [2.24, 2.45) is 0 Å². The van der Waals surface area contributed by atoms with Gasteiger partial charge in [-0.05, 0) is 31.0 Å². The maximum absolute atomic E-state index is 11.4. The van der Waals surface area contributed by atoms with Crippen molar-refractivity contribution >= 4 is 5.97 Å². The van der Waals surface area contributed by atoms with Gasteiger partial charge in [0, 0.05) is 29.5 Å². The Bertz CT molecular complexity index is 962. The molecule has 0 radical (unpaired) electrons. The molecule has 0 saturated heterocycles. The number of esters is 1. The molecule has 1 aromatic heterocycles. The van der Waals surface area contributed by atoms with Gasteiger partial charge in [-0.2, -0.15) is 5.10 Å². The normalized spacial score (nSPS) is 11.7. The molecule has 5 nitrogen and oxygen atoms in total. The number of aromatic amines is 1. The smallest absolute Gasteiger partial charge is 0.305 e. The third-order valence-corrected chi connectivity index (χ3v) is 4.73. The monoisotopic (exact) mass is 362 g/mol. The van der Waals surface area contributed by atoms with Crippen LogP contribution in [-0.4, -0.2) is 29.4 Å². The minimum Gasteiger partial charge on any atom is -0.494 e. The second-order valence-electron chi connectivity index (χ2n) is 6.54. The zero-order valence-electron chi connectivity index (χ0n) is 15.3. The van der Waals surface area contributed by atoms with E-state index in [0.29, 0.717) is 26.1 Å². The van der Waals surface area contributed by atoms with E-state index in [9.17, 15) is 4.79 Å². The molecule has 1 N–H and O–H groups in total. The van der Waals surface area contributed by atoms with E-state index < -0.39 is 0 Å². The molecule has 4 rings (SSSR count). The van der Waals surface area contributed by atoms with E-state index in [-0.39, 0.29) is 5.97 Å². The summed E-state index contributed by atoms with van der Waals surface area (Å²) in [6, 6.07) is 16.4. The van der Waals surface area contributed by atoms with E-state index >= 15 is 0 Å². The highest BCUT2D eigenvalue weighted by atomic mass is 16.5. The number of hydrogen-bond donors (Lipinski definition) is 1. The molecular formula is C22H22N2O3. The first-order valence-electron chi connectivity index (χ1n) is 9.30. The molecule has 5 heteroatoms. The molecule has 0 aliphatic heterocycles. The van der Waals surface area contributed by atoms with Gasteiger partial charge in [0.1, 0.15) is 5.75 Å². The van der Waals surface area contributed by atoms with Crippen molar-refractivity contribution in [3.05, 3.63) is 59.7 Å². The van der Waals surface area contributed by atoms with Crippen LogP contribution >= 0.6 is 0 Å². The predicted molar refractivity (Wildman–Crippen MR) is 104 cm³/mol. The molecule has 0 spiro atoms. The Balaban J connectivity index is 1.45. The lowest BCUT2D eigenvalue weighted by molar-refractivity contribution is -0.143. The maximum Gasteiger partial charge on any atom is 0.305 e. The Labute approximate surface area is 158 Å². The molecule has 0 saturated carbocycles. The van der Waals surface area contributed by atoms with E-state index in [4.69, 9.17) is 9.47 Å². The number of ether oxygens (including phenoxy) is 2. The number of rotatable bonds is 7. The quantitative estimate of drug-likeness (QED) is 0.392. The van der Waals surface area contributed by atoms with Crippen LogP contribution < -0.4 is 4.74 Å². The molecule has 3 aromatic rings. The number of fused-ring (bicyclic) bond motifs is 3.